The summed E-state index contributed by atoms with van der Waals surface area (Å²) < 4.78 is 23.7. The van der Waals surface area contributed by atoms with E-state index in [1.165, 1.54) is 0 Å². The molecule has 0 spiro atoms. The Bertz CT molecular complexity index is 1100. The van der Waals surface area contributed by atoms with Gasteiger partial charge < -0.3 is 24.1 Å². The third kappa shape index (κ3) is 4.57. The van der Waals surface area contributed by atoms with Gasteiger partial charge in [0, 0.05) is 36.6 Å². The number of fused-ring (bicyclic) bond motifs is 3. The van der Waals surface area contributed by atoms with Gasteiger partial charge in [0.25, 0.3) is 0 Å². The summed E-state index contributed by atoms with van der Waals surface area (Å²) in [6, 6.07) is 7.73. The molecule has 2 fully saturated rings. The highest BCUT2D eigenvalue weighted by molar-refractivity contribution is 5.68. The second kappa shape index (κ2) is 9.04. The van der Waals surface area contributed by atoms with Gasteiger partial charge in [-0.25, -0.2) is 4.79 Å². The molecule has 0 aliphatic carbocycles. The number of rotatable bonds is 3. The molecule has 1 unspecified atom stereocenters. The van der Waals surface area contributed by atoms with Crippen molar-refractivity contribution in [2.45, 2.75) is 37.5 Å². The van der Waals surface area contributed by atoms with Crippen molar-refractivity contribution < 1.29 is 24.1 Å². The van der Waals surface area contributed by atoms with Crippen LogP contribution in [0.25, 0.3) is 11.3 Å². The molecule has 8 nitrogen and oxygen atoms in total. The number of hydrogen-bond donors (Lipinski definition) is 1. The maximum Gasteiger partial charge on any atom is 0.351 e. The van der Waals surface area contributed by atoms with Crippen LogP contribution < -0.4 is 10.4 Å². The van der Waals surface area contributed by atoms with Gasteiger partial charge in [0.2, 0.25) is 5.88 Å². The van der Waals surface area contributed by atoms with Gasteiger partial charge in [-0.05, 0) is 24.1 Å². The first-order chi connectivity index (χ1) is 15.6. The largest absolute Gasteiger partial charge is 0.475 e. The van der Waals surface area contributed by atoms with Crippen LogP contribution in [0.2, 0.25) is 0 Å². The van der Waals surface area contributed by atoms with E-state index in [0.29, 0.717) is 58.8 Å². The van der Waals surface area contributed by atoms with E-state index in [2.05, 4.69) is 16.8 Å². The fourth-order valence-corrected chi connectivity index (χ4v) is 4.19. The molecule has 1 atom stereocenters. The molecule has 8 heteroatoms. The second-order valence-electron chi connectivity index (χ2n) is 8.31. The second-order valence-corrected chi connectivity index (χ2v) is 8.31. The minimum Gasteiger partial charge on any atom is -0.475 e. The lowest BCUT2D eigenvalue weighted by molar-refractivity contribution is -0.102. The molecule has 0 radical (unpaired) electrons. The summed E-state index contributed by atoms with van der Waals surface area (Å²) in [5, 5.41) is 10.6. The van der Waals surface area contributed by atoms with Gasteiger partial charge in [-0.3, -0.25) is 4.57 Å². The van der Waals surface area contributed by atoms with Gasteiger partial charge in [0.05, 0.1) is 38.7 Å². The summed E-state index contributed by atoms with van der Waals surface area (Å²) in [6.45, 7) is 3.48. The van der Waals surface area contributed by atoms with E-state index < -0.39 is 5.60 Å². The third-order valence-electron chi connectivity index (χ3n) is 6.04. The number of hydrogen-bond acceptors (Lipinski definition) is 7. The summed E-state index contributed by atoms with van der Waals surface area (Å²) in [7, 11) is 0. The van der Waals surface area contributed by atoms with Gasteiger partial charge in [0.1, 0.15) is 18.3 Å². The summed E-state index contributed by atoms with van der Waals surface area (Å²) in [5.41, 5.74) is 2.39. The fraction of sp³-hybridized carbons (Fsp3) is 0.500. The zero-order chi connectivity index (χ0) is 22.0. The molecule has 3 aliphatic rings. The summed E-state index contributed by atoms with van der Waals surface area (Å²) in [5.74, 6) is 6.43. The van der Waals surface area contributed by atoms with Crippen LogP contribution in [0.5, 0.6) is 5.88 Å². The van der Waals surface area contributed by atoms with Crippen LogP contribution in [0.4, 0.5) is 0 Å². The molecule has 168 valence electrons. The maximum absolute atomic E-state index is 12.6. The molecule has 5 rings (SSSR count). The highest BCUT2D eigenvalue weighted by Gasteiger charge is 2.27. The zero-order valence-corrected chi connectivity index (χ0v) is 17.8. The normalized spacial score (nSPS) is 21.6. The van der Waals surface area contributed by atoms with Crippen LogP contribution in [0.3, 0.4) is 0 Å². The minimum atomic E-state index is -0.987. The Morgan fingerprint density at radius 3 is 2.88 bits per heavy atom. The highest BCUT2D eigenvalue weighted by atomic mass is 16.6. The lowest BCUT2D eigenvalue weighted by atomic mass is 9.93. The lowest BCUT2D eigenvalue weighted by Crippen LogP contribution is -2.34. The van der Waals surface area contributed by atoms with E-state index in [9.17, 15) is 9.90 Å². The lowest BCUT2D eigenvalue weighted by Gasteiger charge is -2.26. The van der Waals surface area contributed by atoms with Crippen molar-refractivity contribution in [2.75, 3.05) is 39.6 Å². The van der Waals surface area contributed by atoms with Crippen LogP contribution in [0.1, 0.15) is 24.0 Å². The topological polar surface area (TPSA) is 92.0 Å². The van der Waals surface area contributed by atoms with E-state index in [1.807, 2.05) is 18.2 Å². The van der Waals surface area contributed by atoms with Crippen LogP contribution in [-0.2, 0) is 27.2 Å². The van der Waals surface area contributed by atoms with Crippen LogP contribution in [0.15, 0.2) is 29.1 Å². The SMILES string of the molecule is O=c1nc(OCC2COCCO2)cc2n1CCc1cc(C#CC3(O)CCOCC3)ccc1-2. The first-order valence-electron chi connectivity index (χ1n) is 11.0. The average Bonchev–Trinajstić information content (AvgIpc) is 2.82. The Morgan fingerprint density at radius 1 is 1.19 bits per heavy atom. The standard InChI is InChI=1S/C24H26N2O6/c27-23-25-22(32-16-19-15-30-11-12-31-19)14-21-20-2-1-17(13-18(20)4-8-26(21)23)3-5-24(28)6-9-29-10-7-24/h1-2,13-14,19,28H,4,6-12,15-16H2. The molecule has 0 bridgehead atoms. The molecule has 32 heavy (non-hydrogen) atoms. The molecular formula is C24H26N2O6. The average molecular weight is 438 g/mol. The molecule has 0 saturated carbocycles. The molecule has 2 saturated heterocycles. The number of aliphatic hydroxyl groups is 1. The molecule has 0 amide bonds. The van der Waals surface area contributed by atoms with Crippen molar-refractivity contribution in [1.82, 2.24) is 9.55 Å². The zero-order valence-electron chi connectivity index (χ0n) is 17.8. The van der Waals surface area contributed by atoms with Gasteiger partial charge in [-0.1, -0.05) is 17.9 Å². The van der Waals surface area contributed by atoms with Crippen molar-refractivity contribution >= 4 is 0 Å². The monoisotopic (exact) mass is 438 g/mol. The Morgan fingerprint density at radius 2 is 2.06 bits per heavy atom. The van der Waals surface area contributed by atoms with Crippen molar-refractivity contribution in [1.29, 1.82) is 0 Å². The number of aromatic nitrogens is 2. The fourth-order valence-electron chi connectivity index (χ4n) is 4.19. The highest BCUT2D eigenvalue weighted by Crippen LogP contribution is 2.30. The van der Waals surface area contributed by atoms with E-state index in [1.54, 1.807) is 10.6 Å². The summed E-state index contributed by atoms with van der Waals surface area (Å²) in [4.78, 5) is 16.7. The van der Waals surface area contributed by atoms with E-state index in [4.69, 9.17) is 18.9 Å². The van der Waals surface area contributed by atoms with Crippen molar-refractivity contribution in [2.24, 2.45) is 0 Å². The third-order valence-corrected chi connectivity index (χ3v) is 6.04. The maximum atomic E-state index is 12.6. The van der Waals surface area contributed by atoms with Crippen molar-refractivity contribution in [3.63, 3.8) is 0 Å². The van der Waals surface area contributed by atoms with Crippen molar-refractivity contribution in [3.8, 4) is 29.0 Å². The van der Waals surface area contributed by atoms with Crippen LogP contribution in [-0.4, -0.2) is 66.0 Å². The summed E-state index contributed by atoms with van der Waals surface area (Å²) >= 11 is 0. The van der Waals surface area contributed by atoms with E-state index >= 15 is 0 Å². The van der Waals surface area contributed by atoms with Gasteiger partial charge in [0.15, 0.2) is 0 Å². The molecule has 4 heterocycles. The first-order valence-corrected chi connectivity index (χ1v) is 11.0. The molecule has 3 aliphatic heterocycles. The number of nitrogens with zero attached hydrogens (tertiary/aromatic N) is 2. The molecular weight excluding hydrogens is 412 g/mol. The van der Waals surface area contributed by atoms with Crippen LogP contribution >= 0.6 is 0 Å². The molecule has 1 N–H and O–H groups in total. The van der Waals surface area contributed by atoms with Gasteiger partial charge in [-0.2, -0.15) is 4.98 Å². The van der Waals surface area contributed by atoms with Gasteiger partial charge >= 0.3 is 5.69 Å². The summed E-state index contributed by atoms with van der Waals surface area (Å²) in [6.07, 6.45) is 1.60. The van der Waals surface area contributed by atoms with Gasteiger partial charge in [-0.15, -0.1) is 0 Å². The predicted octanol–water partition coefficient (Wildman–Crippen LogP) is 1.15. The molecule has 1 aromatic heterocycles. The quantitative estimate of drug-likeness (QED) is 0.719. The Hall–Kier alpha value is -2.70. The Kier molecular flexibility index (Phi) is 5.98. The minimum absolute atomic E-state index is 0.164. The number of benzene rings is 1. The van der Waals surface area contributed by atoms with Crippen molar-refractivity contribution in [3.05, 3.63) is 45.9 Å². The Labute approximate surface area is 186 Å². The van der Waals surface area contributed by atoms with E-state index in [-0.39, 0.29) is 24.3 Å². The van der Waals surface area contributed by atoms with E-state index in [0.717, 1.165) is 22.4 Å². The molecule has 2 aromatic rings. The number of ether oxygens (including phenoxy) is 4. The van der Waals surface area contributed by atoms with Crippen LogP contribution in [0, 0.1) is 11.8 Å². The molecule has 1 aromatic carbocycles. The smallest absolute Gasteiger partial charge is 0.351 e. The predicted molar refractivity (Wildman–Crippen MR) is 116 cm³/mol. The Balaban J connectivity index is 1.38. The first kappa shape index (κ1) is 21.2. The number of aryl methyl sites for hydroxylation is 1.